The van der Waals surface area contributed by atoms with E-state index in [2.05, 4.69) is 5.10 Å². The summed E-state index contributed by atoms with van der Waals surface area (Å²) in [6.45, 7) is 0. The van der Waals surface area contributed by atoms with Crippen LogP contribution in [0.1, 0.15) is 12.1 Å². The van der Waals surface area contributed by atoms with Crippen molar-refractivity contribution in [1.82, 2.24) is 9.78 Å². The second-order valence-corrected chi connectivity index (χ2v) is 4.98. The number of para-hydroxylation sites is 1. The topological polar surface area (TPSA) is 34.9 Å². The molecule has 0 atom stereocenters. The van der Waals surface area contributed by atoms with Gasteiger partial charge in [0, 0.05) is 12.0 Å². The van der Waals surface area contributed by atoms with E-state index in [9.17, 15) is 9.18 Å². The maximum absolute atomic E-state index is 13.1. The fourth-order valence-corrected chi connectivity index (χ4v) is 2.35. The zero-order chi connectivity index (χ0) is 15.4. The normalized spacial score (nSPS) is 10.6. The van der Waals surface area contributed by atoms with Crippen LogP contribution in [0.25, 0.3) is 16.9 Å². The van der Waals surface area contributed by atoms with Crippen molar-refractivity contribution in [3.8, 4) is 16.9 Å². The van der Waals surface area contributed by atoms with Crippen LogP contribution in [0.15, 0.2) is 60.7 Å². The van der Waals surface area contributed by atoms with E-state index in [0.29, 0.717) is 12.8 Å². The minimum Gasteiger partial charge on any atom is -0.303 e. The first-order chi connectivity index (χ1) is 10.8. The van der Waals surface area contributed by atoms with E-state index in [1.54, 1.807) is 12.1 Å². The summed E-state index contributed by atoms with van der Waals surface area (Å²) in [5.41, 5.74) is 3.54. The SMILES string of the molecule is O=CCCc1cc(-c2ccc(F)cc2)n(-c2ccccc2)n1. The molecular weight excluding hydrogens is 279 g/mol. The molecule has 0 bridgehead atoms. The summed E-state index contributed by atoms with van der Waals surface area (Å²) in [5.74, 6) is -0.268. The molecule has 0 aliphatic heterocycles. The average Bonchev–Trinajstić information content (AvgIpc) is 2.98. The Kier molecular flexibility index (Phi) is 4.10. The first-order valence-electron chi connectivity index (χ1n) is 7.12. The standard InChI is InChI=1S/C18H15FN2O/c19-15-10-8-14(9-11-15)18-13-16(5-4-12-22)20-21(18)17-6-2-1-3-7-17/h1-3,6-13H,4-5H2. The second-order valence-electron chi connectivity index (χ2n) is 4.98. The summed E-state index contributed by atoms with van der Waals surface area (Å²) in [7, 11) is 0. The third kappa shape index (κ3) is 2.96. The predicted octanol–water partition coefficient (Wildman–Crippen LogP) is 3.81. The van der Waals surface area contributed by atoms with Gasteiger partial charge in [0.05, 0.1) is 17.1 Å². The number of nitrogens with zero attached hydrogens (tertiary/aromatic N) is 2. The molecule has 0 saturated carbocycles. The molecule has 4 heteroatoms. The van der Waals surface area contributed by atoms with Gasteiger partial charge in [0.2, 0.25) is 0 Å². The highest BCUT2D eigenvalue weighted by molar-refractivity contribution is 5.63. The van der Waals surface area contributed by atoms with Crippen molar-refractivity contribution in [3.63, 3.8) is 0 Å². The van der Waals surface area contributed by atoms with Crippen LogP contribution in [0.3, 0.4) is 0 Å². The van der Waals surface area contributed by atoms with Gasteiger partial charge in [-0.25, -0.2) is 9.07 Å². The van der Waals surface area contributed by atoms with E-state index in [-0.39, 0.29) is 5.82 Å². The molecule has 0 fully saturated rings. The fraction of sp³-hybridized carbons (Fsp3) is 0.111. The smallest absolute Gasteiger partial charge is 0.123 e. The van der Waals surface area contributed by atoms with Gasteiger partial charge in [-0.15, -0.1) is 0 Å². The predicted molar refractivity (Wildman–Crippen MR) is 83.3 cm³/mol. The molecule has 110 valence electrons. The molecule has 3 aromatic rings. The number of aldehydes is 1. The van der Waals surface area contributed by atoms with Crippen LogP contribution in [0.5, 0.6) is 0 Å². The first kappa shape index (κ1) is 14.2. The number of halogens is 1. The number of hydrogen-bond donors (Lipinski definition) is 0. The highest BCUT2D eigenvalue weighted by Gasteiger charge is 2.11. The maximum atomic E-state index is 13.1. The Balaban J connectivity index is 2.08. The number of aromatic nitrogens is 2. The van der Waals surface area contributed by atoms with Gasteiger partial charge >= 0.3 is 0 Å². The number of hydrogen-bond acceptors (Lipinski definition) is 2. The van der Waals surface area contributed by atoms with Gasteiger partial charge in [-0.05, 0) is 48.9 Å². The van der Waals surface area contributed by atoms with Crippen LogP contribution < -0.4 is 0 Å². The molecule has 0 aliphatic rings. The van der Waals surface area contributed by atoms with Crippen LogP contribution in [0, 0.1) is 5.82 Å². The molecule has 1 heterocycles. The van der Waals surface area contributed by atoms with Crippen molar-refractivity contribution in [2.24, 2.45) is 0 Å². The minimum atomic E-state index is -0.268. The molecule has 0 unspecified atom stereocenters. The van der Waals surface area contributed by atoms with Crippen molar-refractivity contribution in [1.29, 1.82) is 0 Å². The Labute approximate surface area is 128 Å². The van der Waals surface area contributed by atoms with E-state index in [1.807, 2.05) is 41.1 Å². The lowest BCUT2D eigenvalue weighted by Gasteiger charge is -2.07. The molecule has 1 aromatic heterocycles. The van der Waals surface area contributed by atoms with E-state index in [0.717, 1.165) is 28.9 Å². The zero-order valence-electron chi connectivity index (χ0n) is 11.9. The van der Waals surface area contributed by atoms with Crippen LogP contribution in [-0.2, 0) is 11.2 Å². The van der Waals surface area contributed by atoms with Crippen molar-refractivity contribution >= 4 is 6.29 Å². The summed E-state index contributed by atoms with van der Waals surface area (Å²) < 4.78 is 15.0. The van der Waals surface area contributed by atoms with Gasteiger partial charge in [-0.3, -0.25) is 0 Å². The fourth-order valence-electron chi connectivity index (χ4n) is 2.35. The Morgan fingerprint density at radius 1 is 1.05 bits per heavy atom. The molecule has 0 saturated heterocycles. The van der Waals surface area contributed by atoms with Crippen LogP contribution in [0.2, 0.25) is 0 Å². The van der Waals surface area contributed by atoms with Gasteiger partial charge in [-0.1, -0.05) is 18.2 Å². The molecule has 0 radical (unpaired) electrons. The molecule has 0 amide bonds. The van der Waals surface area contributed by atoms with E-state index >= 15 is 0 Å². The van der Waals surface area contributed by atoms with Gasteiger partial charge in [0.1, 0.15) is 12.1 Å². The molecule has 22 heavy (non-hydrogen) atoms. The molecule has 0 spiro atoms. The summed E-state index contributed by atoms with van der Waals surface area (Å²) in [5, 5.41) is 4.58. The summed E-state index contributed by atoms with van der Waals surface area (Å²) in [6, 6.07) is 18.0. The monoisotopic (exact) mass is 294 g/mol. The molecule has 2 aromatic carbocycles. The van der Waals surface area contributed by atoms with Crippen molar-refractivity contribution in [2.75, 3.05) is 0 Å². The molecule has 0 N–H and O–H groups in total. The Hall–Kier alpha value is -2.75. The quantitative estimate of drug-likeness (QED) is 0.671. The van der Waals surface area contributed by atoms with Gasteiger partial charge in [-0.2, -0.15) is 5.10 Å². The molecule has 3 nitrogen and oxygen atoms in total. The minimum absolute atomic E-state index is 0.268. The second kappa shape index (κ2) is 6.35. The lowest BCUT2D eigenvalue weighted by atomic mass is 10.1. The lowest BCUT2D eigenvalue weighted by molar-refractivity contribution is -0.107. The van der Waals surface area contributed by atoms with Crippen LogP contribution in [0.4, 0.5) is 4.39 Å². The van der Waals surface area contributed by atoms with Gasteiger partial charge in [0.25, 0.3) is 0 Å². The third-order valence-corrected chi connectivity index (χ3v) is 3.42. The van der Waals surface area contributed by atoms with Crippen molar-refractivity contribution in [2.45, 2.75) is 12.8 Å². The summed E-state index contributed by atoms with van der Waals surface area (Å²) >= 11 is 0. The van der Waals surface area contributed by atoms with Gasteiger partial charge < -0.3 is 4.79 Å². The number of rotatable bonds is 5. The molecular formula is C18H15FN2O. The Morgan fingerprint density at radius 3 is 2.45 bits per heavy atom. The lowest BCUT2D eigenvalue weighted by Crippen LogP contribution is -1.99. The van der Waals surface area contributed by atoms with Crippen LogP contribution >= 0.6 is 0 Å². The highest BCUT2D eigenvalue weighted by atomic mass is 19.1. The third-order valence-electron chi connectivity index (χ3n) is 3.42. The first-order valence-corrected chi connectivity index (χ1v) is 7.12. The summed E-state index contributed by atoms with van der Waals surface area (Å²) in [4.78, 5) is 10.6. The zero-order valence-corrected chi connectivity index (χ0v) is 11.9. The van der Waals surface area contributed by atoms with Crippen molar-refractivity contribution < 1.29 is 9.18 Å². The summed E-state index contributed by atoms with van der Waals surface area (Å²) in [6.07, 6.45) is 1.92. The van der Waals surface area contributed by atoms with E-state index in [4.69, 9.17) is 0 Å². The Bertz CT molecular complexity index is 764. The number of carbonyl (C=O) groups excluding carboxylic acids is 1. The van der Waals surface area contributed by atoms with E-state index < -0.39 is 0 Å². The Morgan fingerprint density at radius 2 is 1.77 bits per heavy atom. The van der Waals surface area contributed by atoms with Crippen LogP contribution in [-0.4, -0.2) is 16.1 Å². The maximum Gasteiger partial charge on any atom is 0.123 e. The molecule has 3 rings (SSSR count). The van der Waals surface area contributed by atoms with Gasteiger partial charge in [0.15, 0.2) is 0 Å². The van der Waals surface area contributed by atoms with Crippen molar-refractivity contribution in [3.05, 3.63) is 72.2 Å². The average molecular weight is 294 g/mol. The molecule has 0 aliphatic carbocycles. The number of carbonyl (C=O) groups is 1. The largest absolute Gasteiger partial charge is 0.303 e. The van der Waals surface area contributed by atoms with E-state index in [1.165, 1.54) is 12.1 Å². The highest BCUT2D eigenvalue weighted by Crippen LogP contribution is 2.24. The number of aryl methyl sites for hydroxylation is 1. The number of benzene rings is 2.